The molecule has 2 heterocycles. The van der Waals surface area contributed by atoms with Gasteiger partial charge in [-0.15, -0.1) is 0 Å². The molecule has 0 bridgehead atoms. The van der Waals surface area contributed by atoms with Crippen molar-refractivity contribution in [1.82, 2.24) is 4.72 Å². The summed E-state index contributed by atoms with van der Waals surface area (Å²) in [5.74, 6) is 0.788. The van der Waals surface area contributed by atoms with Crippen molar-refractivity contribution >= 4 is 21.6 Å². The lowest BCUT2D eigenvalue weighted by Crippen LogP contribution is -2.32. The van der Waals surface area contributed by atoms with Gasteiger partial charge in [0, 0.05) is 36.9 Å². The molecular formula is C21H24N2O6S. The molecule has 0 saturated carbocycles. The first kappa shape index (κ1) is 20.6. The molecule has 0 aliphatic carbocycles. The Hall–Kier alpha value is -2.62. The average molecular weight is 432 g/mol. The smallest absolute Gasteiger partial charge is 0.255 e. The number of sulfonamides is 1. The first-order valence-corrected chi connectivity index (χ1v) is 11.4. The van der Waals surface area contributed by atoms with Crippen molar-refractivity contribution < 1.29 is 27.4 Å². The highest BCUT2D eigenvalue weighted by Crippen LogP contribution is 2.32. The summed E-state index contributed by atoms with van der Waals surface area (Å²) < 4.78 is 44.4. The zero-order chi connectivity index (χ0) is 21.0. The second kappa shape index (κ2) is 9.03. The number of hydrogen-bond donors (Lipinski definition) is 2. The van der Waals surface area contributed by atoms with Crippen LogP contribution in [0.25, 0.3) is 0 Å². The van der Waals surface area contributed by atoms with E-state index in [-0.39, 0.29) is 23.1 Å². The highest BCUT2D eigenvalue weighted by molar-refractivity contribution is 7.89. The lowest BCUT2D eigenvalue weighted by Gasteiger charge is -2.13. The van der Waals surface area contributed by atoms with Crippen LogP contribution in [0.3, 0.4) is 0 Å². The first-order chi connectivity index (χ1) is 14.5. The summed E-state index contributed by atoms with van der Waals surface area (Å²) in [7, 11) is -3.74. The number of carbonyl (C=O) groups is 1. The van der Waals surface area contributed by atoms with Crippen molar-refractivity contribution in [1.29, 1.82) is 0 Å². The SMILES string of the molecule is O=C(Nc1ccc2c(c1)OCCCO2)c1cccc(S(=O)(=O)NCC2CCCO2)c1. The molecule has 2 N–H and O–H groups in total. The van der Waals surface area contributed by atoms with E-state index in [1.165, 1.54) is 12.1 Å². The van der Waals surface area contributed by atoms with E-state index in [0.29, 0.717) is 37.0 Å². The van der Waals surface area contributed by atoms with Crippen LogP contribution in [-0.4, -0.2) is 46.8 Å². The fourth-order valence-corrected chi connectivity index (χ4v) is 4.45. The van der Waals surface area contributed by atoms with Crippen LogP contribution in [0, 0.1) is 0 Å². The summed E-state index contributed by atoms with van der Waals surface area (Å²) >= 11 is 0. The largest absolute Gasteiger partial charge is 0.490 e. The van der Waals surface area contributed by atoms with Crippen LogP contribution < -0.4 is 19.5 Å². The van der Waals surface area contributed by atoms with E-state index < -0.39 is 15.9 Å². The van der Waals surface area contributed by atoms with Crippen molar-refractivity contribution in [3.05, 3.63) is 48.0 Å². The molecule has 2 aromatic rings. The van der Waals surface area contributed by atoms with E-state index in [4.69, 9.17) is 14.2 Å². The molecule has 9 heteroatoms. The minimum absolute atomic E-state index is 0.0341. The summed E-state index contributed by atoms with van der Waals surface area (Å²) in [5, 5.41) is 2.77. The van der Waals surface area contributed by atoms with Crippen molar-refractivity contribution in [3.63, 3.8) is 0 Å². The fraction of sp³-hybridized carbons (Fsp3) is 0.381. The summed E-state index contributed by atoms with van der Waals surface area (Å²) in [5.41, 5.74) is 0.774. The predicted octanol–water partition coefficient (Wildman–Crippen LogP) is 2.56. The van der Waals surface area contributed by atoms with E-state index in [1.807, 2.05) is 0 Å². The van der Waals surface area contributed by atoms with Crippen LogP contribution in [0.1, 0.15) is 29.6 Å². The maximum absolute atomic E-state index is 12.7. The highest BCUT2D eigenvalue weighted by Gasteiger charge is 2.21. The molecular weight excluding hydrogens is 408 g/mol. The van der Waals surface area contributed by atoms with Crippen molar-refractivity contribution in [2.75, 3.05) is 31.7 Å². The molecule has 30 heavy (non-hydrogen) atoms. The normalized spacial score (nSPS) is 18.6. The van der Waals surface area contributed by atoms with Gasteiger partial charge < -0.3 is 19.5 Å². The number of hydrogen-bond acceptors (Lipinski definition) is 6. The average Bonchev–Trinajstić information content (AvgIpc) is 3.17. The topological polar surface area (TPSA) is 103 Å². The zero-order valence-electron chi connectivity index (χ0n) is 16.4. The Balaban J connectivity index is 1.45. The second-order valence-corrected chi connectivity index (χ2v) is 8.95. The van der Waals surface area contributed by atoms with Gasteiger partial charge in [0.05, 0.1) is 24.2 Å². The number of fused-ring (bicyclic) bond motifs is 1. The van der Waals surface area contributed by atoms with E-state index in [9.17, 15) is 13.2 Å². The first-order valence-electron chi connectivity index (χ1n) is 9.94. The number of carbonyl (C=O) groups excluding carboxylic acids is 1. The molecule has 0 radical (unpaired) electrons. The van der Waals surface area contributed by atoms with Gasteiger partial charge in [-0.1, -0.05) is 6.07 Å². The van der Waals surface area contributed by atoms with Gasteiger partial charge in [0.15, 0.2) is 11.5 Å². The van der Waals surface area contributed by atoms with Gasteiger partial charge in [0.1, 0.15) is 0 Å². The molecule has 8 nitrogen and oxygen atoms in total. The van der Waals surface area contributed by atoms with Crippen molar-refractivity contribution in [2.45, 2.75) is 30.3 Å². The van der Waals surface area contributed by atoms with Gasteiger partial charge in [0.25, 0.3) is 5.91 Å². The predicted molar refractivity (Wildman–Crippen MR) is 111 cm³/mol. The zero-order valence-corrected chi connectivity index (χ0v) is 17.2. The lowest BCUT2D eigenvalue weighted by molar-refractivity contribution is 0.102. The lowest BCUT2D eigenvalue weighted by atomic mass is 10.2. The third kappa shape index (κ3) is 4.92. The summed E-state index contributed by atoms with van der Waals surface area (Å²) in [6.45, 7) is 2.00. The molecule has 1 unspecified atom stereocenters. The molecule has 1 atom stereocenters. The fourth-order valence-electron chi connectivity index (χ4n) is 3.34. The number of nitrogens with one attached hydrogen (secondary N) is 2. The van der Waals surface area contributed by atoms with Crippen LogP contribution in [0.2, 0.25) is 0 Å². The number of rotatable bonds is 6. The van der Waals surface area contributed by atoms with Crippen molar-refractivity contribution in [3.8, 4) is 11.5 Å². The third-order valence-electron chi connectivity index (χ3n) is 4.94. The minimum atomic E-state index is -3.74. The van der Waals surface area contributed by atoms with Crippen molar-refractivity contribution in [2.24, 2.45) is 0 Å². The van der Waals surface area contributed by atoms with E-state index >= 15 is 0 Å². The Morgan fingerprint density at radius 1 is 1.00 bits per heavy atom. The van der Waals surface area contributed by atoms with Crippen LogP contribution in [0.15, 0.2) is 47.4 Å². The standard InChI is InChI=1S/C21H24N2O6S/c24-21(23-16-7-8-19-20(13-16)29-11-3-10-28-19)15-4-1-6-18(12-15)30(25,26)22-14-17-5-2-9-27-17/h1,4,6-8,12-13,17,22H,2-3,5,9-11,14H2,(H,23,24). The molecule has 1 amide bonds. The molecule has 4 rings (SSSR count). The van der Waals surface area contributed by atoms with Gasteiger partial charge in [-0.3, -0.25) is 4.79 Å². The monoisotopic (exact) mass is 432 g/mol. The number of benzene rings is 2. The van der Waals surface area contributed by atoms with Crippen LogP contribution >= 0.6 is 0 Å². The third-order valence-corrected chi connectivity index (χ3v) is 6.36. The molecule has 2 aliphatic heterocycles. The minimum Gasteiger partial charge on any atom is -0.490 e. The highest BCUT2D eigenvalue weighted by atomic mass is 32.2. The Kier molecular flexibility index (Phi) is 6.21. The molecule has 1 saturated heterocycles. The summed E-state index contributed by atoms with van der Waals surface area (Å²) in [6.07, 6.45) is 2.45. The second-order valence-electron chi connectivity index (χ2n) is 7.18. The Bertz CT molecular complexity index is 1020. The van der Waals surface area contributed by atoms with E-state index in [0.717, 1.165) is 19.3 Å². The summed E-state index contributed by atoms with van der Waals surface area (Å²) in [6, 6.07) is 11.1. The molecule has 0 spiro atoms. The Labute approximate surface area is 175 Å². The molecule has 2 aromatic carbocycles. The maximum Gasteiger partial charge on any atom is 0.255 e. The Morgan fingerprint density at radius 3 is 2.63 bits per heavy atom. The van der Waals surface area contributed by atoms with Gasteiger partial charge >= 0.3 is 0 Å². The molecule has 0 aromatic heterocycles. The molecule has 1 fully saturated rings. The van der Waals surface area contributed by atoms with Gasteiger partial charge in [0.2, 0.25) is 10.0 Å². The summed E-state index contributed by atoms with van der Waals surface area (Å²) in [4.78, 5) is 12.7. The Morgan fingerprint density at radius 2 is 1.83 bits per heavy atom. The van der Waals surface area contributed by atoms with E-state index in [1.54, 1.807) is 30.3 Å². The van der Waals surface area contributed by atoms with Gasteiger partial charge in [-0.25, -0.2) is 13.1 Å². The molecule has 2 aliphatic rings. The van der Waals surface area contributed by atoms with Gasteiger partial charge in [-0.05, 0) is 43.2 Å². The molecule has 160 valence electrons. The van der Waals surface area contributed by atoms with Crippen LogP contribution in [-0.2, 0) is 14.8 Å². The maximum atomic E-state index is 12.7. The van der Waals surface area contributed by atoms with Gasteiger partial charge in [-0.2, -0.15) is 0 Å². The van der Waals surface area contributed by atoms with E-state index in [2.05, 4.69) is 10.0 Å². The van der Waals surface area contributed by atoms with Crippen LogP contribution in [0.4, 0.5) is 5.69 Å². The quantitative estimate of drug-likeness (QED) is 0.727. The van der Waals surface area contributed by atoms with Crippen LogP contribution in [0.5, 0.6) is 11.5 Å². The number of anilines is 1. The number of amides is 1. The number of ether oxygens (including phenoxy) is 3.